The molecule has 22 heavy (non-hydrogen) atoms. The van der Waals surface area contributed by atoms with Gasteiger partial charge in [0, 0.05) is 11.5 Å². The van der Waals surface area contributed by atoms with Gasteiger partial charge < -0.3 is 10.4 Å². The fraction of sp³-hybridized carbons (Fsp3) is 0.882. The van der Waals surface area contributed by atoms with Gasteiger partial charge in [0.1, 0.15) is 0 Å². The number of Topliss-reactive ketones (excluding diaryl/α,β-unsaturated/α-hetero) is 1. The smallest absolute Gasteiger partial charge is 0.317 e. The van der Waals surface area contributed by atoms with Crippen LogP contribution < -0.4 is 5.32 Å². The Labute approximate surface area is 134 Å². The van der Waals surface area contributed by atoms with Crippen molar-refractivity contribution in [1.82, 2.24) is 10.2 Å². The van der Waals surface area contributed by atoms with Crippen molar-refractivity contribution < 1.29 is 14.7 Å². The summed E-state index contributed by atoms with van der Waals surface area (Å²) in [5.74, 6) is 0.00229. The van der Waals surface area contributed by atoms with E-state index in [9.17, 15) is 9.59 Å². The number of piperidine rings is 1. The zero-order valence-electron chi connectivity index (χ0n) is 14.7. The number of carboxylic acid groups (broad SMARTS) is 1. The molecule has 0 spiro atoms. The highest BCUT2D eigenvalue weighted by Crippen LogP contribution is 2.26. The molecule has 1 rings (SSSR count). The Balaban J connectivity index is 2.57. The lowest BCUT2D eigenvalue weighted by molar-refractivity contribution is -0.138. The molecular formula is C17H32N2O3. The van der Waals surface area contributed by atoms with E-state index in [1.54, 1.807) is 0 Å². The van der Waals surface area contributed by atoms with Gasteiger partial charge in [-0.1, -0.05) is 34.6 Å². The van der Waals surface area contributed by atoms with Crippen molar-refractivity contribution in [3.05, 3.63) is 0 Å². The Kier molecular flexibility index (Phi) is 7.00. The number of nitrogens with zero attached hydrogens (tertiary/aromatic N) is 1. The molecule has 128 valence electrons. The van der Waals surface area contributed by atoms with Crippen molar-refractivity contribution in [3.8, 4) is 0 Å². The average Bonchev–Trinajstić information content (AvgIpc) is 2.37. The first-order valence-electron chi connectivity index (χ1n) is 8.34. The van der Waals surface area contributed by atoms with Crippen LogP contribution in [0.3, 0.4) is 0 Å². The van der Waals surface area contributed by atoms with Crippen LogP contribution in [0.5, 0.6) is 0 Å². The summed E-state index contributed by atoms with van der Waals surface area (Å²) in [6, 6.07) is 0.180. The van der Waals surface area contributed by atoms with E-state index in [-0.39, 0.29) is 29.8 Å². The molecule has 0 amide bonds. The molecule has 1 aliphatic rings. The number of hydrogen-bond donors (Lipinski definition) is 2. The number of carbonyl (C=O) groups is 2. The van der Waals surface area contributed by atoms with Gasteiger partial charge in [-0.25, -0.2) is 0 Å². The quantitative estimate of drug-likeness (QED) is 0.754. The van der Waals surface area contributed by atoms with E-state index in [0.29, 0.717) is 5.92 Å². The van der Waals surface area contributed by atoms with Crippen molar-refractivity contribution in [2.24, 2.45) is 11.3 Å². The van der Waals surface area contributed by atoms with Gasteiger partial charge in [-0.05, 0) is 38.3 Å². The number of rotatable bonds is 7. The number of nitrogens with one attached hydrogen (secondary N) is 1. The third-order valence-electron chi connectivity index (χ3n) is 4.23. The number of carboxylic acids is 1. The first-order chi connectivity index (χ1) is 10.1. The van der Waals surface area contributed by atoms with Gasteiger partial charge in [-0.15, -0.1) is 0 Å². The summed E-state index contributed by atoms with van der Waals surface area (Å²) < 4.78 is 0. The summed E-state index contributed by atoms with van der Waals surface area (Å²) in [5, 5.41) is 12.3. The van der Waals surface area contributed by atoms with E-state index in [4.69, 9.17) is 5.11 Å². The van der Waals surface area contributed by atoms with Crippen LogP contribution in [-0.2, 0) is 9.59 Å². The number of likely N-dealkylation sites (tertiary alicyclic amines) is 1. The van der Waals surface area contributed by atoms with Gasteiger partial charge in [-0.2, -0.15) is 0 Å². The Morgan fingerprint density at radius 2 is 1.77 bits per heavy atom. The normalized spacial score (nSPS) is 19.4. The van der Waals surface area contributed by atoms with Crippen LogP contribution in [0.1, 0.15) is 53.9 Å². The average molecular weight is 312 g/mol. The van der Waals surface area contributed by atoms with Gasteiger partial charge in [0.25, 0.3) is 0 Å². The van der Waals surface area contributed by atoms with Crippen molar-refractivity contribution in [1.29, 1.82) is 0 Å². The number of carbonyl (C=O) groups excluding carboxylic acids is 1. The summed E-state index contributed by atoms with van der Waals surface area (Å²) >= 11 is 0. The zero-order valence-corrected chi connectivity index (χ0v) is 14.7. The van der Waals surface area contributed by atoms with Gasteiger partial charge in [-0.3, -0.25) is 14.5 Å². The van der Waals surface area contributed by atoms with E-state index in [1.807, 2.05) is 25.7 Å². The second kappa shape index (κ2) is 8.06. The second-order valence-corrected chi connectivity index (χ2v) is 7.84. The van der Waals surface area contributed by atoms with Gasteiger partial charge in [0.05, 0.1) is 12.6 Å². The summed E-state index contributed by atoms with van der Waals surface area (Å²) in [5.41, 5.74) is -0.337. The summed E-state index contributed by atoms with van der Waals surface area (Å²) in [7, 11) is 0. The van der Waals surface area contributed by atoms with E-state index in [1.165, 1.54) is 0 Å². The van der Waals surface area contributed by atoms with E-state index < -0.39 is 5.97 Å². The molecule has 1 heterocycles. The SMILES string of the molecule is CC(C)N[C@@H](CC1CCN(CC(=O)O)CC1)C(=O)C(C)(C)C. The van der Waals surface area contributed by atoms with Crippen molar-refractivity contribution in [3.63, 3.8) is 0 Å². The molecule has 0 aliphatic carbocycles. The number of ketones is 1. The van der Waals surface area contributed by atoms with E-state index in [2.05, 4.69) is 19.2 Å². The highest BCUT2D eigenvalue weighted by atomic mass is 16.4. The molecule has 0 bridgehead atoms. The predicted octanol–water partition coefficient (Wildman–Crippen LogP) is 2.15. The van der Waals surface area contributed by atoms with Crippen LogP contribution in [0, 0.1) is 11.3 Å². The minimum Gasteiger partial charge on any atom is -0.480 e. The lowest BCUT2D eigenvalue weighted by atomic mass is 9.81. The maximum Gasteiger partial charge on any atom is 0.317 e. The van der Waals surface area contributed by atoms with Gasteiger partial charge in [0.15, 0.2) is 5.78 Å². The zero-order chi connectivity index (χ0) is 16.9. The molecule has 2 N–H and O–H groups in total. The molecule has 0 aromatic heterocycles. The van der Waals surface area contributed by atoms with Crippen LogP contribution in [0.25, 0.3) is 0 Å². The highest BCUT2D eigenvalue weighted by Gasteiger charge is 2.32. The Morgan fingerprint density at radius 1 is 1.23 bits per heavy atom. The van der Waals surface area contributed by atoms with Crippen LogP contribution in [0.4, 0.5) is 0 Å². The number of aliphatic carboxylic acids is 1. The first-order valence-corrected chi connectivity index (χ1v) is 8.34. The molecule has 0 saturated carbocycles. The second-order valence-electron chi connectivity index (χ2n) is 7.84. The van der Waals surface area contributed by atoms with E-state index >= 15 is 0 Å². The molecule has 1 atom stereocenters. The van der Waals surface area contributed by atoms with Crippen molar-refractivity contribution in [2.75, 3.05) is 19.6 Å². The van der Waals surface area contributed by atoms with Gasteiger partial charge in [0.2, 0.25) is 0 Å². The highest BCUT2D eigenvalue weighted by molar-refractivity contribution is 5.88. The van der Waals surface area contributed by atoms with Crippen LogP contribution in [0.2, 0.25) is 0 Å². The molecule has 1 aliphatic heterocycles. The Hall–Kier alpha value is -0.940. The minimum atomic E-state index is -0.763. The Bertz CT molecular complexity index is 380. The van der Waals surface area contributed by atoms with Crippen molar-refractivity contribution >= 4 is 11.8 Å². The summed E-state index contributed by atoms with van der Waals surface area (Å²) in [6.07, 6.45) is 2.80. The maximum absolute atomic E-state index is 12.6. The third-order valence-corrected chi connectivity index (χ3v) is 4.23. The van der Waals surface area contributed by atoms with E-state index in [0.717, 1.165) is 32.4 Å². The van der Waals surface area contributed by atoms with Crippen LogP contribution >= 0.6 is 0 Å². The minimum absolute atomic E-state index is 0.101. The lowest BCUT2D eigenvalue weighted by Gasteiger charge is -2.34. The largest absolute Gasteiger partial charge is 0.480 e. The van der Waals surface area contributed by atoms with Crippen LogP contribution in [0.15, 0.2) is 0 Å². The molecule has 5 heteroatoms. The third kappa shape index (κ3) is 6.44. The fourth-order valence-corrected chi connectivity index (χ4v) is 3.08. The molecule has 0 radical (unpaired) electrons. The van der Waals surface area contributed by atoms with Crippen molar-refractivity contribution in [2.45, 2.75) is 66.0 Å². The maximum atomic E-state index is 12.6. The first kappa shape index (κ1) is 19.1. The Morgan fingerprint density at radius 3 is 2.18 bits per heavy atom. The summed E-state index contributed by atoms with van der Waals surface area (Å²) in [4.78, 5) is 25.4. The van der Waals surface area contributed by atoms with Gasteiger partial charge >= 0.3 is 5.97 Å². The summed E-state index contributed by atoms with van der Waals surface area (Å²) in [6.45, 7) is 11.8. The monoisotopic (exact) mass is 312 g/mol. The fourth-order valence-electron chi connectivity index (χ4n) is 3.08. The molecule has 0 aromatic carbocycles. The molecule has 1 fully saturated rings. The van der Waals surface area contributed by atoms with Crippen LogP contribution in [-0.4, -0.2) is 53.5 Å². The standard InChI is InChI=1S/C17H32N2O3/c1-12(2)18-14(16(22)17(3,4)5)10-13-6-8-19(9-7-13)11-15(20)21/h12-14,18H,6-11H2,1-5H3,(H,20,21)/t14-/m0/s1. The number of hydrogen-bond acceptors (Lipinski definition) is 4. The topological polar surface area (TPSA) is 69.6 Å². The lowest BCUT2D eigenvalue weighted by Crippen LogP contribution is -2.48. The molecule has 1 saturated heterocycles. The molecule has 0 aromatic rings. The molecule has 0 unspecified atom stereocenters. The predicted molar refractivity (Wildman–Crippen MR) is 87.9 cm³/mol. The molecule has 5 nitrogen and oxygen atoms in total. The molecular weight excluding hydrogens is 280 g/mol.